The summed E-state index contributed by atoms with van der Waals surface area (Å²) in [6.45, 7) is 7.76. The van der Waals surface area contributed by atoms with Crippen LogP contribution in [0.25, 0.3) is 0 Å². The van der Waals surface area contributed by atoms with Crippen LogP contribution in [0.5, 0.6) is 0 Å². The molecular formula is C16H25ClN2OS. The third kappa shape index (κ3) is 4.82. The average Bonchev–Trinajstić information content (AvgIpc) is 2.51. The zero-order valence-corrected chi connectivity index (χ0v) is 14.8. The van der Waals surface area contributed by atoms with Crippen molar-refractivity contribution in [3.05, 3.63) is 28.8 Å². The van der Waals surface area contributed by atoms with Crippen LogP contribution in [0.15, 0.2) is 18.2 Å². The smallest absolute Gasteiger partial charge is 0.253 e. The molecule has 0 saturated heterocycles. The van der Waals surface area contributed by atoms with Gasteiger partial charge in [-0.1, -0.05) is 25.4 Å². The van der Waals surface area contributed by atoms with E-state index in [1.54, 1.807) is 12.1 Å². The van der Waals surface area contributed by atoms with E-state index in [-0.39, 0.29) is 10.7 Å². The van der Waals surface area contributed by atoms with Gasteiger partial charge in [0, 0.05) is 28.5 Å². The normalized spacial score (nSPS) is 11.3. The molecular weight excluding hydrogens is 304 g/mol. The van der Waals surface area contributed by atoms with E-state index in [1.165, 1.54) is 0 Å². The topological polar surface area (TPSA) is 41.1 Å². The van der Waals surface area contributed by atoms with Crippen molar-refractivity contribution >= 4 is 35.0 Å². The number of anilines is 1. The molecule has 0 radical (unpaired) electrons. The molecule has 0 atom stereocenters. The fourth-order valence-corrected chi connectivity index (χ4v) is 3.21. The van der Waals surface area contributed by atoms with E-state index in [0.717, 1.165) is 25.1 Å². The largest absolute Gasteiger partial charge is 0.385 e. The quantitative estimate of drug-likeness (QED) is 0.742. The zero-order valence-electron chi connectivity index (χ0n) is 13.3. The van der Waals surface area contributed by atoms with Crippen LogP contribution in [0, 0.1) is 0 Å². The Kier molecular flexibility index (Phi) is 7.40. The predicted molar refractivity (Wildman–Crippen MR) is 94.8 cm³/mol. The van der Waals surface area contributed by atoms with Crippen LogP contribution >= 0.6 is 23.4 Å². The first-order valence-corrected chi connectivity index (χ1v) is 8.99. The first-order chi connectivity index (χ1) is 10.0. The molecule has 0 spiro atoms. The summed E-state index contributed by atoms with van der Waals surface area (Å²) >= 11 is 7.84. The summed E-state index contributed by atoms with van der Waals surface area (Å²) in [7, 11) is 0. The van der Waals surface area contributed by atoms with E-state index in [2.05, 4.69) is 30.7 Å². The number of rotatable bonds is 8. The highest BCUT2D eigenvalue weighted by molar-refractivity contribution is 8.00. The van der Waals surface area contributed by atoms with E-state index in [4.69, 9.17) is 11.6 Å². The summed E-state index contributed by atoms with van der Waals surface area (Å²) in [4.78, 5) is 12.5. The lowest BCUT2D eigenvalue weighted by atomic mass is 10.0. The fourth-order valence-electron chi connectivity index (χ4n) is 2.25. The second kappa shape index (κ2) is 8.54. The number of carbonyl (C=O) groups excluding carboxylic acids is 1. The lowest BCUT2D eigenvalue weighted by Gasteiger charge is -2.30. The Bertz CT molecular complexity index is 467. The summed E-state index contributed by atoms with van der Waals surface area (Å²) in [5, 5.41) is 6.83. The molecule has 1 aromatic rings. The molecule has 0 heterocycles. The highest BCUT2D eigenvalue weighted by Gasteiger charge is 2.26. The molecule has 0 aliphatic carbocycles. The standard InChI is InChI=1S/C16H25ClN2OS/c1-5-16(6-2,21-4)11-19-15(20)13-10-12(17)8-9-14(13)18-7-3/h8-10,18H,5-7,11H2,1-4H3,(H,19,20). The molecule has 0 aliphatic heterocycles. The van der Waals surface area contributed by atoms with Crippen molar-refractivity contribution in [2.75, 3.05) is 24.7 Å². The van der Waals surface area contributed by atoms with Crippen molar-refractivity contribution in [2.45, 2.75) is 38.4 Å². The summed E-state index contributed by atoms with van der Waals surface area (Å²) in [6, 6.07) is 5.36. The van der Waals surface area contributed by atoms with Gasteiger partial charge in [0.1, 0.15) is 0 Å². The highest BCUT2D eigenvalue weighted by atomic mass is 35.5. The lowest BCUT2D eigenvalue weighted by molar-refractivity contribution is 0.0949. The third-order valence-electron chi connectivity index (χ3n) is 3.89. The van der Waals surface area contributed by atoms with Crippen molar-refractivity contribution < 1.29 is 4.79 Å². The second-order valence-electron chi connectivity index (χ2n) is 5.00. The highest BCUT2D eigenvalue weighted by Crippen LogP contribution is 2.30. The van der Waals surface area contributed by atoms with Gasteiger partial charge in [-0.15, -0.1) is 0 Å². The minimum absolute atomic E-state index is 0.0752. The van der Waals surface area contributed by atoms with Gasteiger partial charge in [-0.25, -0.2) is 0 Å². The van der Waals surface area contributed by atoms with Gasteiger partial charge in [-0.05, 0) is 44.2 Å². The molecule has 21 heavy (non-hydrogen) atoms. The minimum atomic E-state index is -0.0752. The number of hydrogen-bond acceptors (Lipinski definition) is 3. The van der Waals surface area contributed by atoms with Gasteiger partial charge in [0.05, 0.1) is 5.56 Å². The number of amides is 1. The Hall–Kier alpha value is -0.870. The summed E-state index contributed by atoms with van der Waals surface area (Å²) in [5.74, 6) is -0.0752. The average molecular weight is 329 g/mol. The number of thioether (sulfide) groups is 1. The van der Waals surface area contributed by atoms with Crippen molar-refractivity contribution in [3.8, 4) is 0 Å². The van der Waals surface area contributed by atoms with Gasteiger partial charge in [-0.2, -0.15) is 11.8 Å². The molecule has 118 valence electrons. The minimum Gasteiger partial charge on any atom is -0.385 e. The maximum Gasteiger partial charge on any atom is 0.253 e. The SMILES string of the molecule is CCNc1ccc(Cl)cc1C(=O)NCC(CC)(CC)SC. The number of nitrogens with one attached hydrogen (secondary N) is 2. The first kappa shape index (κ1) is 18.2. The molecule has 2 N–H and O–H groups in total. The van der Waals surface area contributed by atoms with E-state index >= 15 is 0 Å². The Morgan fingerprint density at radius 2 is 1.95 bits per heavy atom. The third-order valence-corrected chi connectivity index (χ3v) is 5.71. The lowest BCUT2D eigenvalue weighted by Crippen LogP contribution is -2.39. The Labute approximate surface area is 137 Å². The number of carbonyl (C=O) groups is 1. The Morgan fingerprint density at radius 1 is 1.29 bits per heavy atom. The first-order valence-electron chi connectivity index (χ1n) is 7.38. The molecule has 1 aromatic carbocycles. The van der Waals surface area contributed by atoms with E-state index in [0.29, 0.717) is 17.1 Å². The van der Waals surface area contributed by atoms with Gasteiger partial charge in [0.15, 0.2) is 0 Å². The monoisotopic (exact) mass is 328 g/mol. The Morgan fingerprint density at radius 3 is 2.48 bits per heavy atom. The van der Waals surface area contributed by atoms with Crippen molar-refractivity contribution in [1.29, 1.82) is 0 Å². The molecule has 0 fully saturated rings. The van der Waals surface area contributed by atoms with Crippen LogP contribution in [0.3, 0.4) is 0 Å². The molecule has 3 nitrogen and oxygen atoms in total. The molecule has 1 amide bonds. The van der Waals surface area contributed by atoms with Crippen LogP contribution in [0.2, 0.25) is 5.02 Å². The summed E-state index contributed by atoms with van der Waals surface area (Å²) in [6.07, 6.45) is 4.16. The molecule has 0 unspecified atom stereocenters. The number of hydrogen-bond donors (Lipinski definition) is 2. The molecule has 0 aliphatic rings. The molecule has 0 saturated carbocycles. The van der Waals surface area contributed by atoms with Gasteiger partial charge in [0.25, 0.3) is 5.91 Å². The van der Waals surface area contributed by atoms with Crippen LogP contribution in [-0.4, -0.2) is 30.0 Å². The van der Waals surface area contributed by atoms with Gasteiger partial charge < -0.3 is 10.6 Å². The summed E-state index contributed by atoms with van der Waals surface area (Å²) < 4.78 is 0.104. The fraction of sp³-hybridized carbons (Fsp3) is 0.562. The van der Waals surface area contributed by atoms with Crippen molar-refractivity contribution in [1.82, 2.24) is 5.32 Å². The van der Waals surface area contributed by atoms with Crippen LogP contribution < -0.4 is 10.6 Å². The van der Waals surface area contributed by atoms with E-state index < -0.39 is 0 Å². The number of halogens is 1. The molecule has 0 aromatic heterocycles. The second-order valence-corrected chi connectivity index (χ2v) is 6.71. The molecule has 5 heteroatoms. The van der Waals surface area contributed by atoms with Gasteiger partial charge >= 0.3 is 0 Å². The molecule has 0 bridgehead atoms. The van der Waals surface area contributed by atoms with Crippen LogP contribution in [0.1, 0.15) is 44.0 Å². The molecule has 1 rings (SSSR count). The van der Waals surface area contributed by atoms with E-state index in [1.807, 2.05) is 24.8 Å². The Balaban J connectivity index is 2.86. The van der Waals surface area contributed by atoms with E-state index in [9.17, 15) is 4.79 Å². The predicted octanol–water partition coefficient (Wildman–Crippen LogP) is 4.42. The van der Waals surface area contributed by atoms with Crippen molar-refractivity contribution in [2.24, 2.45) is 0 Å². The van der Waals surface area contributed by atoms with Crippen LogP contribution in [-0.2, 0) is 0 Å². The zero-order chi connectivity index (χ0) is 15.9. The van der Waals surface area contributed by atoms with Crippen LogP contribution in [0.4, 0.5) is 5.69 Å². The van der Waals surface area contributed by atoms with Crippen molar-refractivity contribution in [3.63, 3.8) is 0 Å². The van der Waals surface area contributed by atoms with Gasteiger partial charge in [0.2, 0.25) is 0 Å². The maximum absolute atomic E-state index is 12.5. The summed E-state index contributed by atoms with van der Waals surface area (Å²) in [5.41, 5.74) is 1.42. The van der Waals surface area contributed by atoms with Gasteiger partial charge in [-0.3, -0.25) is 4.79 Å². The maximum atomic E-state index is 12.5. The number of benzene rings is 1.